The van der Waals surface area contributed by atoms with E-state index in [9.17, 15) is 0 Å². The molecule has 0 amide bonds. The number of nitrogens with zero attached hydrogens (tertiary/aromatic N) is 2. The van der Waals surface area contributed by atoms with Crippen LogP contribution in [-0.4, -0.2) is 9.55 Å². The second kappa shape index (κ2) is 2.90. The minimum atomic E-state index is -0.144. The van der Waals surface area contributed by atoms with Gasteiger partial charge in [-0.15, -0.1) is 0 Å². The predicted octanol–water partition coefficient (Wildman–Crippen LogP) is 1.46. The second-order valence-electron chi connectivity index (χ2n) is 3.63. The summed E-state index contributed by atoms with van der Waals surface area (Å²) in [6.45, 7) is 0. The van der Waals surface area contributed by atoms with Crippen LogP contribution in [0.25, 0.3) is 0 Å². The summed E-state index contributed by atoms with van der Waals surface area (Å²) in [4.78, 5) is 4.03. The molecule has 0 bridgehead atoms. The first kappa shape index (κ1) is 7.80. The van der Waals surface area contributed by atoms with Gasteiger partial charge in [0.1, 0.15) is 0 Å². The molecule has 2 rings (SSSR count). The Labute approximate surface area is 72.6 Å². The van der Waals surface area contributed by atoms with E-state index < -0.39 is 0 Å². The molecule has 3 nitrogen and oxygen atoms in total. The average molecular weight is 165 g/mol. The van der Waals surface area contributed by atoms with Crippen molar-refractivity contribution in [3.63, 3.8) is 0 Å². The molecule has 12 heavy (non-hydrogen) atoms. The Kier molecular flexibility index (Phi) is 1.89. The zero-order chi connectivity index (χ0) is 8.44. The average Bonchev–Trinajstić information content (AvgIpc) is 2.58. The van der Waals surface area contributed by atoms with Crippen LogP contribution < -0.4 is 5.73 Å². The third-order valence-corrected chi connectivity index (χ3v) is 2.74. The van der Waals surface area contributed by atoms with E-state index in [1.165, 1.54) is 19.3 Å². The molecule has 0 radical (unpaired) electrons. The van der Waals surface area contributed by atoms with E-state index in [1.54, 1.807) is 6.20 Å². The summed E-state index contributed by atoms with van der Waals surface area (Å²) in [6, 6.07) is 0. The quantitative estimate of drug-likeness (QED) is 0.684. The Bertz CT molecular complexity index is 234. The maximum absolute atomic E-state index is 6.25. The monoisotopic (exact) mass is 165 g/mol. The van der Waals surface area contributed by atoms with Gasteiger partial charge in [-0.05, 0) is 25.7 Å². The maximum Gasteiger partial charge on any atom is 0.0961 e. The van der Waals surface area contributed by atoms with Crippen LogP contribution in [0.5, 0.6) is 0 Å². The first-order chi connectivity index (χ1) is 5.81. The fraction of sp³-hybridized carbons (Fsp3) is 0.667. The first-order valence-electron chi connectivity index (χ1n) is 4.59. The predicted molar refractivity (Wildman–Crippen MR) is 47.5 cm³/mol. The van der Waals surface area contributed by atoms with Gasteiger partial charge < -0.3 is 10.3 Å². The molecular weight excluding hydrogens is 150 g/mol. The lowest BCUT2D eigenvalue weighted by molar-refractivity contribution is 0.201. The lowest BCUT2D eigenvalue weighted by Crippen LogP contribution is -2.43. The molecule has 1 aromatic heterocycles. The first-order valence-corrected chi connectivity index (χ1v) is 4.59. The van der Waals surface area contributed by atoms with Gasteiger partial charge >= 0.3 is 0 Å². The molecule has 0 atom stereocenters. The van der Waals surface area contributed by atoms with Crippen molar-refractivity contribution in [1.82, 2.24) is 9.55 Å². The van der Waals surface area contributed by atoms with E-state index in [0.717, 1.165) is 12.8 Å². The second-order valence-corrected chi connectivity index (χ2v) is 3.63. The van der Waals surface area contributed by atoms with Gasteiger partial charge in [0.15, 0.2) is 0 Å². The summed E-state index contributed by atoms with van der Waals surface area (Å²) in [6.07, 6.45) is 11.6. The molecule has 0 aliphatic heterocycles. The Balaban J connectivity index is 2.19. The van der Waals surface area contributed by atoms with Crippen LogP contribution in [-0.2, 0) is 5.66 Å². The van der Waals surface area contributed by atoms with Crippen LogP contribution in [0.3, 0.4) is 0 Å². The topological polar surface area (TPSA) is 43.8 Å². The number of nitrogens with two attached hydrogens (primary N) is 1. The van der Waals surface area contributed by atoms with Gasteiger partial charge in [-0.25, -0.2) is 4.98 Å². The van der Waals surface area contributed by atoms with Crippen molar-refractivity contribution in [3.05, 3.63) is 18.7 Å². The van der Waals surface area contributed by atoms with Crippen molar-refractivity contribution in [2.75, 3.05) is 0 Å². The smallest absolute Gasteiger partial charge is 0.0961 e. The summed E-state index contributed by atoms with van der Waals surface area (Å²) in [5.41, 5.74) is 6.10. The summed E-state index contributed by atoms with van der Waals surface area (Å²) >= 11 is 0. The Morgan fingerprint density at radius 2 is 2.00 bits per heavy atom. The van der Waals surface area contributed by atoms with Crippen molar-refractivity contribution >= 4 is 0 Å². The molecule has 1 aliphatic carbocycles. The molecule has 0 aromatic carbocycles. The summed E-state index contributed by atoms with van der Waals surface area (Å²) in [7, 11) is 0. The SMILES string of the molecule is NC1(n2ccnc2)CCCCC1. The summed E-state index contributed by atoms with van der Waals surface area (Å²) < 4.78 is 2.05. The third kappa shape index (κ3) is 1.25. The molecule has 1 heterocycles. The van der Waals surface area contributed by atoms with Gasteiger partial charge in [0.2, 0.25) is 0 Å². The van der Waals surface area contributed by atoms with Gasteiger partial charge in [0, 0.05) is 12.4 Å². The van der Waals surface area contributed by atoms with Gasteiger partial charge in [0.25, 0.3) is 0 Å². The number of imidazole rings is 1. The fourth-order valence-corrected chi connectivity index (χ4v) is 1.94. The van der Waals surface area contributed by atoms with E-state index >= 15 is 0 Å². The zero-order valence-corrected chi connectivity index (χ0v) is 7.24. The van der Waals surface area contributed by atoms with E-state index in [2.05, 4.69) is 4.98 Å². The van der Waals surface area contributed by atoms with Crippen molar-refractivity contribution in [1.29, 1.82) is 0 Å². The van der Waals surface area contributed by atoms with Gasteiger partial charge in [0.05, 0.1) is 12.0 Å². The van der Waals surface area contributed by atoms with Crippen molar-refractivity contribution in [2.45, 2.75) is 37.8 Å². The summed E-state index contributed by atoms with van der Waals surface area (Å²) in [5.74, 6) is 0. The molecule has 0 saturated heterocycles. The number of rotatable bonds is 1. The zero-order valence-electron chi connectivity index (χ0n) is 7.24. The van der Waals surface area contributed by atoms with Crippen LogP contribution in [0.2, 0.25) is 0 Å². The molecule has 66 valence electrons. The third-order valence-electron chi connectivity index (χ3n) is 2.74. The molecule has 1 saturated carbocycles. The minimum absolute atomic E-state index is 0.144. The number of hydrogen-bond acceptors (Lipinski definition) is 2. The molecule has 2 N–H and O–H groups in total. The van der Waals surface area contributed by atoms with Crippen LogP contribution in [0.15, 0.2) is 18.7 Å². The maximum atomic E-state index is 6.25. The largest absolute Gasteiger partial charge is 0.319 e. The molecule has 0 unspecified atom stereocenters. The van der Waals surface area contributed by atoms with Crippen molar-refractivity contribution in [2.24, 2.45) is 5.73 Å². The van der Waals surface area contributed by atoms with Crippen LogP contribution in [0, 0.1) is 0 Å². The molecular formula is C9H15N3. The van der Waals surface area contributed by atoms with Crippen LogP contribution in [0.1, 0.15) is 32.1 Å². The highest BCUT2D eigenvalue weighted by molar-refractivity contribution is 4.89. The Morgan fingerprint density at radius 3 is 2.58 bits per heavy atom. The highest BCUT2D eigenvalue weighted by atomic mass is 15.2. The number of hydrogen-bond donors (Lipinski definition) is 1. The Morgan fingerprint density at radius 1 is 1.25 bits per heavy atom. The highest BCUT2D eigenvalue weighted by Gasteiger charge is 2.28. The Hall–Kier alpha value is -0.830. The molecule has 1 fully saturated rings. The number of aromatic nitrogens is 2. The van der Waals surface area contributed by atoms with Gasteiger partial charge in [-0.2, -0.15) is 0 Å². The van der Waals surface area contributed by atoms with E-state index in [-0.39, 0.29) is 5.66 Å². The molecule has 3 heteroatoms. The fourth-order valence-electron chi connectivity index (χ4n) is 1.94. The normalized spacial score (nSPS) is 22.4. The molecule has 0 spiro atoms. The van der Waals surface area contributed by atoms with Crippen molar-refractivity contribution < 1.29 is 0 Å². The van der Waals surface area contributed by atoms with Gasteiger partial charge in [-0.3, -0.25) is 0 Å². The van der Waals surface area contributed by atoms with E-state index in [0.29, 0.717) is 0 Å². The lowest BCUT2D eigenvalue weighted by Gasteiger charge is -2.34. The van der Waals surface area contributed by atoms with Crippen molar-refractivity contribution in [3.8, 4) is 0 Å². The lowest BCUT2D eigenvalue weighted by atomic mass is 9.89. The minimum Gasteiger partial charge on any atom is -0.319 e. The standard InChI is InChI=1S/C9H15N3/c10-9(4-2-1-3-5-9)12-7-6-11-8-12/h6-8H,1-5,10H2. The molecule has 1 aliphatic rings. The van der Waals surface area contributed by atoms with E-state index in [1.807, 2.05) is 17.1 Å². The van der Waals surface area contributed by atoms with Crippen LogP contribution >= 0.6 is 0 Å². The van der Waals surface area contributed by atoms with Gasteiger partial charge in [-0.1, -0.05) is 6.42 Å². The summed E-state index contributed by atoms with van der Waals surface area (Å²) in [5, 5.41) is 0. The van der Waals surface area contributed by atoms with E-state index in [4.69, 9.17) is 5.73 Å². The molecule has 1 aromatic rings. The van der Waals surface area contributed by atoms with Crippen LogP contribution in [0.4, 0.5) is 0 Å². The highest BCUT2D eigenvalue weighted by Crippen LogP contribution is 2.29.